The van der Waals surface area contributed by atoms with Crippen molar-refractivity contribution in [3.05, 3.63) is 95.1 Å². The van der Waals surface area contributed by atoms with Crippen LogP contribution in [0.3, 0.4) is 0 Å². The molecule has 0 radical (unpaired) electrons. The topological polar surface area (TPSA) is 127 Å². The van der Waals surface area contributed by atoms with E-state index >= 15 is 0 Å². The normalized spacial score (nSPS) is 12.1. The first-order valence-electron chi connectivity index (χ1n) is 9.74. The Bertz CT molecular complexity index is 1020. The molecule has 0 atom stereocenters. The van der Waals surface area contributed by atoms with E-state index in [1.165, 1.54) is 22.3 Å². The van der Waals surface area contributed by atoms with Crippen LogP contribution in [0.25, 0.3) is 0 Å². The molecule has 3 aromatic rings. The van der Waals surface area contributed by atoms with Crippen LogP contribution in [-0.4, -0.2) is 17.5 Å². The van der Waals surface area contributed by atoms with Crippen molar-refractivity contribution in [1.82, 2.24) is 0 Å². The monoisotopic (exact) mass is 442 g/mol. The minimum atomic E-state index is -4.67. The van der Waals surface area contributed by atoms with E-state index in [-0.39, 0.29) is 10.8 Å². The van der Waals surface area contributed by atoms with Crippen LogP contribution < -0.4 is 11.5 Å². The first-order chi connectivity index (χ1) is 14.2. The van der Waals surface area contributed by atoms with E-state index < -0.39 is 10.4 Å². The van der Waals surface area contributed by atoms with Gasteiger partial charge in [-0.3, -0.25) is 9.11 Å². The van der Waals surface area contributed by atoms with Gasteiger partial charge < -0.3 is 11.5 Å². The van der Waals surface area contributed by atoms with Crippen LogP contribution in [0.1, 0.15) is 49.9 Å². The Morgan fingerprint density at radius 2 is 0.710 bits per heavy atom. The van der Waals surface area contributed by atoms with Crippen molar-refractivity contribution >= 4 is 21.8 Å². The lowest BCUT2D eigenvalue weighted by molar-refractivity contribution is 0.381. The summed E-state index contributed by atoms with van der Waals surface area (Å²) in [6.07, 6.45) is 0. The average molecular weight is 443 g/mol. The van der Waals surface area contributed by atoms with Crippen LogP contribution in [0.5, 0.6) is 0 Å². The van der Waals surface area contributed by atoms with E-state index in [4.69, 9.17) is 29.0 Å². The molecule has 6 nitrogen and oxygen atoms in total. The van der Waals surface area contributed by atoms with E-state index in [1.54, 1.807) is 0 Å². The maximum Gasteiger partial charge on any atom is 0.394 e. The van der Waals surface area contributed by atoms with Crippen LogP contribution >= 0.6 is 0 Å². The summed E-state index contributed by atoms with van der Waals surface area (Å²) in [7, 11) is -4.67. The SMILES string of the molecule is CC(C)(c1ccc(N)cc1)c1ccc(C(C)(C)c2ccc(N)cc2)cc1.O=S(=O)(O)O. The molecule has 166 valence electrons. The van der Waals surface area contributed by atoms with Gasteiger partial charge in [0.05, 0.1) is 0 Å². The van der Waals surface area contributed by atoms with Crippen molar-refractivity contribution in [3.8, 4) is 0 Å². The molecule has 7 heteroatoms. The highest BCUT2D eigenvalue weighted by molar-refractivity contribution is 7.79. The van der Waals surface area contributed by atoms with Crippen molar-refractivity contribution < 1.29 is 17.5 Å². The van der Waals surface area contributed by atoms with Gasteiger partial charge in [0.2, 0.25) is 0 Å². The van der Waals surface area contributed by atoms with E-state index in [2.05, 4.69) is 76.2 Å². The molecule has 0 aromatic heterocycles. The number of anilines is 2. The molecule has 0 saturated carbocycles. The predicted octanol–water partition coefficient (Wildman–Crippen LogP) is 4.85. The Labute approximate surface area is 184 Å². The fourth-order valence-electron chi connectivity index (χ4n) is 3.44. The van der Waals surface area contributed by atoms with Crippen molar-refractivity contribution in [2.45, 2.75) is 38.5 Å². The fourth-order valence-corrected chi connectivity index (χ4v) is 3.44. The Balaban J connectivity index is 0.000000614. The van der Waals surface area contributed by atoms with Crippen LogP contribution in [0.4, 0.5) is 11.4 Å². The van der Waals surface area contributed by atoms with Gasteiger partial charge in [0, 0.05) is 22.2 Å². The van der Waals surface area contributed by atoms with Crippen molar-refractivity contribution in [3.63, 3.8) is 0 Å². The minimum absolute atomic E-state index is 0.0719. The molecular weight excluding hydrogens is 412 g/mol. The van der Waals surface area contributed by atoms with Gasteiger partial charge in [-0.15, -0.1) is 0 Å². The third-order valence-corrected chi connectivity index (χ3v) is 5.59. The Morgan fingerprint density at radius 1 is 0.548 bits per heavy atom. The zero-order valence-electron chi connectivity index (χ0n) is 18.2. The summed E-state index contributed by atoms with van der Waals surface area (Å²) in [4.78, 5) is 0. The Hall–Kier alpha value is -2.87. The molecule has 3 rings (SSSR count). The molecule has 0 saturated heterocycles. The lowest BCUT2D eigenvalue weighted by Crippen LogP contribution is -2.21. The van der Waals surface area contributed by atoms with Gasteiger partial charge in [0.1, 0.15) is 0 Å². The molecule has 0 aliphatic heterocycles. The van der Waals surface area contributed by atoms with E-state index in [0.29, 0.717) is 0 Å². The molecule has 0 bridgehead atoms. The predicted molar refractivity (Wildman–Crippen MR) is 127 cm³/mol. The molecule has 0 fully saturated rings. The Kier molecular flexibility index (Phi) is 7.16. The number of benzene rings is 3. The largest absolute Gasteiger partial charge is 0.399 e. The minimum Gasteiger partial charge on any atom is -0.399 e. The summed E-state index contributed by atoms with van der Waals surface area (Å²) >= 11 is 0. The van der Waals surface area contributed by atoms with Crippen LogP contribution in [0.2, 0.25) is 0 Å². The van der Waals surface area contributed by atoms with E-state index in [9.17, 15) is 0 Å². The van der Waals surface area contributed by atoms with Crippen LogP contribution in [0, 0.1) is 0 Å². The second-order valence-electron chi connectivity index (χ2n) is 8.52. The van der Waals surface area contributed by atoms with Gasteiger partial charge in [0.25, 0.3) is 0 Å². The molecule has 0 spiro atoms. The molecule has 0 aliphatic rings. The molecule has 6 N–H and O–H groups in total. The quantitative estimate of drug-likeness (QED) is 0.338. The summed E-state index contributed by atoms with van der Waals surface area (Å²) < 4.78 is 31.6. The van der Waals surface area contributed by atoms with Crippen molar-refractivity contribution in [2.24, 2.45) is 0 Å². The highest BCUT2D eigenvalue weighted by Crippen LogP contribution is 2.36. The fraction of sp³-hybridized carbons (Fsp3) is 0.250. The van der Waals surface area contributed by atoms with Gasteiger partial charge >= 0.3 is 10.4 Å². The van der Waals surface area contributed by atoms with E-state index in [0.717, 1.165) is 11.4 Å². The van der Waals surface area contributed by atoms with Gasteiger partial charge in [-0.05, 0) is 46.5 Å². The molecule has 0 heterocycles. The summed E-state index contributed by atoms with van der Waals surface area (Å²) in [6.45, 7) is 8.99. The van der Waals surface area contributed by atoms with Gasteiger partial charge in [-0.25, -0.2) is 0 Å². The van der Waals surface area contributed by atoms with Gasteiger partial charge in [0.15, 0.2) is 0 Å². The lowest BCUT2D eigenvalue weighted by atomic mass is 9.74. The van der Waals surface area contributed by atoms with Gasteiger partial charge in [-0.2, -0.15) is 8.42 Å². The smallest absolute Gasteiger partial charge is 0.394 e. The molecular formula is C24H30N2O4S. The molecule has 0 amide bonds. The average Bonchev–Trinajstić information content (AvgIpc) is 2.67. The Morgan fingerprint density at radius 3 is 0.903 bits per heavy atom. The molecule has 0 aliphatic carbocycles. The zero-order valence-corrected chi connectivity index (χ0v) is 19.0. The van der Waals surface area contributed by atoms with E-state index in [1.807, 2.05) is 24.3 Å². The summed E-state index contributed by atoms with van der Waals surface area (Å²) in [6, 6.07) is 25.3. The van der Waals surface area contributed by atoms with Crippen LogP contribution in [0.15, 0.2) is 72.8 Å². The molecule has 3 aromatic carbocycles. The lowest BCUT2D eigenvalue weighted by Gasteiger charge is -2.29. The standard InChI is InChI=1S/C24H28N2.H2O4S/c1-23(2,19-9-13-21(25)14-10-19)17-5-7-18(8-6-17)24(3,4)20-11-15-22(26)16-12-20;1-5(2,3)4/h5-16H,25-26H2,1-4H3;(H2,1,2,3,4). The summed E-state index contributed by atoms with van der Waals surface area (Å²) in [5, 5.41) is 0. The van der Waals surface area contributed by atoms with Crippen LogP contribution in [-0.2, 0) is 21.2 Å². The summed E-state index contributed by atoms with van der Waals surface area (Å²) in [5.41, 5.74) is 18.2. The number of hydrogen-bond donors (Lipinski definition) is 4. The second-order valence-corrected chi connectivity index (χ2v) is 9.41. The maximum atomic E-state index is 8.74. The van der Waals surface area contributed by atoms with Gasteiger partial charge in [-0.1, -0.05) is 76.2 Å². The molecule has 31 heavy (non-hydrogen) atoms. The third-order valence-electron chi connectivity index (χ3n) is 5.59. The number of nitrogen functional groups attached to an aromatic ring is 2. The number of hydrogen-bond acceptors (Lipinski definition) is 4. The number of nitrogens with two attached hydrogens (primary N) is 2. The second kappa shape index (κ2) is 9.09. The maximum absolute atomic E-state index is 8.74. The first kappa shape index (κ1) is 24.4. The highest BCUT2D eigenvalue weighted by atomic mass is 32.3. The number of rotatable bonds is 4. The zero-order chi connectivity index (χ0) is 23.4. The first-order valence-corrected chi connectivity index (χ1v) is 11.1. The highest BCUT2D eigenvalue weighted by Gasteiger charge is 2.26. The van der Waals surface area contributed by atoms with Crippen molar-refractivity contribution in [2.75, 3.05) is 11.5 Å². The summed E-state index contributed by atoms with van der Waals surface area (Å²) in [5.74, 6) is 0. The molecule has 0 unspecified atom stereocenters. The van der Waals surface area contributed by atoms with Crippen molar-refractivity contribution in [1.29, 1.82) is 0 Å². The third kappa shape index (κ3) is 6.55.